The fourth-order valence-electron chi connectivity index (χ4n) is 3.18. The lowest BCUT2D eigenvalue weighted by molar-refractivity contribution is 0.170. The van der Waals surface area contributed by atoms with Crippen molar-refractivity contribution in [2.75, 3.05) is 44.6 Å². The average molecular weight is 358 g/mol. The molecule has 2 aliphatic rings. The number of methoxy groups -OCH3 is 1. The van der Waals surface area contributed by atoms with Crippen LogP contribution >= 0.6 is 0 Å². The number of nitrogens with one attached hydrogen (secondary N) is 1. The molecule has 1 fully saturated rings. The van der Waals surface area contributed by atoms with E-state index in [9.17, 15) is 0 Å². The van der Waals surface area contributed by atoms with E-state index in [1.165, 1.54) is 0 Å². The Bertz CT molecular complexity index is 793. The van der Waals surface area contributed by atoms with Gasteiger partial charge in [-0.2, -0.15) is 4.98 Å². The number of nitrogens with two attached hydrogens (primary N) is 1. The van der Waals surface area contributed by atoms with Crippen molar-refractivity contribution in [1.29, 1.82) is 0 Å². The van der Waals surface area contributed by atoms with Crippen LogP contribution in [0.4, 0.5) is 11.8 Å². The van der Waals surface area contributed by atoms with Crippen molar-refractivity contribution in [3.05, 3.63) is 29.5 Å². The second kappa shape index (κ2) is 7.25. The molecule has 26 heavy (non-hydrogen) atoms. The summed E-state index contributed by atoms with van der Waals surface area (Å²) in [6.45, 7) is 3.03. The molecule has 3 heterocycles. The molecule has 0 bridgehead atoms. The molecule has 0 saturated carbocycles. The lowest BCUT2D eigenvalue weighted by Gasteiger charge is -2.21. The number of hydrogen-bond acceptors (Lipinski definition) is 8. The summed E-state index contributed by atoms with van der Waals surface area (Å²) in [5.74, 6) is 3.35. The van der Waals surface area contributed by atoms with Crippen molar-refractivity contribution in [3.8, 4) is 17.2 Å². The molecule has 0 unspecified atom stereocenters. The fourth-order valence-corrected chi connectivity index (χ4v) is 3.18. The highest BCUT2D eigenvalue weighted by molar-refractivity contribution is 5.53. The molecule has 0 radical (unpaired) electrons. The highest BCUT2D eigenvalue weighted by atomic mass is 16.6. The first-order valence-electron chi connectivity index (χ1n) is 8.65. The lowest BCUT2D eigenvalue weighted by Crippen LogP contribution is -2.16. The van der Waals surface area contributed by atoms with E-state index < -0.39 is 0 Å². The van der Waals surface area contributed by atoms with Gasteiger partial charge in [-0.15, -0.1) is 0 Å². The Kier molecular flexibility index (Phi) is 4.66. The molecule has 2 aromatic rings. The number of rotatable bonds is 5. The van der Waals surface area contributed by atoms with Gasteiger partial charge in [0.15, 0.2) is 11.5 Å². The second-order valence-electron chi connectivity index (χ2n) is 6.26. The van der Waals surface area contributed by atoms with Crippen molar-refractivity contribution in [1.82, 2.24) is 9.97 Å². The number of fused-ring (bicyclic) bond motifs is 1. The first kappa shape index (κ1) is 16.7. The molecule has 1 saturated heterocycles. The summed E-state index contributed by atoms with van der Waals surface area (Å²) in [6, 6.07) is 5.71. The van der Waals surface area contributed by atoms with Gasteiger partial charge < -0.3 is 30.0 Å². The molecule has 0 spiro atoms. The Morgan fingerprint density at radius 3 is 2.69 bits per heavy atom. The molecule has 1 atom stereocenters. The Morgan fingerprint density at radius 2 is 1.96 bits per heavy atom. The number of hydrogen-bond donors (Lipinski definition) is 2. The maximum atomic E-state index is 5.88. The Morgan fingerprint density at radius 1 is 1.15 bits per heavy atom. The van der Waals surface area contributed by atoms with E-state index in [1.807, 2.05) is 18.2 Å². The first-order chi connectivity index (χ1) is 12.7. The van der Waals surface area contributed by atoms with Crippen LogP contribution in [0, 0.1) is 0 Å². The van der Waals surface area contributed by atoms with Crippen molar-refractivity contribution < 1.29 is 18.9 Å². The molecule has 3 N–H and O–H groups in total. The van der Waals surface area contributed by atoms with Crippen LogP contribution in [-0.2, 0) is 11.3 Å². The van der Waals surface area contributed by atoms with Gasteiger partial charge in [-0.3, -0.25) is 0 Å². The van der Waals surface area contributed by atoms with Gasteiger partial charge >= 0.3 is 0 Å². The van der Waals surface area contributed by atoms with Gasteiger partial charge in [-0.25, -0.2) is 4.98 Å². The zero-order valence-electron chi connectivity index (χ0n) is 14.7. The number of anilines is 2. The molecule has 4 rings (SSSR count). The van der Waals surface area contributed by atoms with Crippen LogP contribution in [0.1, 0.15) is 23.6 Å². The van der Waals surface area contributed by atoms with Crippen LogP contribution in [0.15, 0.2) is 18.2 Å². The Hall–Kier alpha value is -2.74. The highest BCUT2D eigenvalue weighted by Crippen LogP contribution is 2.37. The topological polar surface area (TPSA) is 101 Å². The summed E-state index contributed by atoms with van der Waals surface area (Å²) >= 11 is 0. The minimum Gasteiger partial charge on any atom is -0.496 e. The molecular formula is C18H22N4O4. The highest BCUT2D eigenvalue weighted by Gasteiger charge is 2.21. The van der Waals surface area contributed by atoms with E-state index in [0.29, 0.717) is 37.9 Å². The van der Waals surface area contributed by atoms with E-state index in [0.717, 1.165) is 35.8 Å². The molecule has 8 heteroatoms. The minimum atomic E-state index is 0.256. The summed E-state index contributed by atoms with van der Waals surface area (Å²) in [6.07, 6.45) is 0.950. The predicted molar refractivity (Wildman–Crippen MR) is 95.9 cm³/mol. The summed E-state index contributed by atoms with van der Waals surface area (Å²) in [5.41, 5.74) is 7.73. The van der Waals surface area contributed by atoms with Crippen LogP contribution < -0.4 is 25.3 Å². The van der Waals surface area contributed by atoms with Crippen LogP contribution in [0.5, 0.6) is 17.2 Å². The summed E-state index contributed by atoms with van der Waals surface area (Å²) in [7, 11) is 1.63. The third-order valence-electron chi connectivity index (χ3n) is 4.52. The SMILES string of the molecule is COc1cc2c(cc1CNc1cc([C@H]3CCOC3)nc(N)n1)OCCO2. The second-order valence-corrected chi connectivity index (χ2v) is 6.26. The van der Waals surface area contributed by atoms with Crippen LogP contribution in [-0.4, -0.2) is 43.5 Å². The largest absolute Gasteiger partial charge is 0.496 e. The maximum absolute atomic E-state index is 5.88. The molecule has 1 aromatic heterocycles. The smallest absolute Gasteiger partial charge is 0.222 e. The average Bonchev–Trinajstić information content (AvgIpc) is 3.20. The first-order valence-corrected chi connectivity index (χ1v) is 8.65. The maximum Gasteiger partial charge on any atom is 0.222 e. The van der Waals surface area contributed by atoms with Gasteiger partial charge in [-0.05, 0) is 12.5 Å². The number of ether oxygens (including phenoxy) is 4. The quantitative estimate of drug-likeness (QED) is 0.836. The van der Waals surface area contributed by atoms with Gasteiger partial charge in [0.25, 0.3) is 0 Å². The summed E-state index contributed by atoms with van der Waals surface area (Å²) in [5, 5.41) is 3.30. The van der Waals surface area contributed by atoms with Crippen molar-refractivity contribution >= 4 is 11.8 Å². The molecule has 138 valence electrons. The molecule has 0 aliphatic carbocycles. The number of aromatic nitrogens is 2. The third-order valence-corrected chi connectivity index (χ3v) is 4.52. The zero-order chi connectivity index (χ0) is 17.9. The van der Waals surface area contributed by atoms with Crippen molar-refractivity contribution in [3.63, 3.8) is 0 Å². The van der Waals surface area contributed by atoms with E-state index in [-0.39, 0.29) is 11.9 Å². The number of benzene rings is 1. The summed E-state index contributed by atoms with van der Waals surface area (Å²) in [4.78, 5) is 8.63. The van der Waals surface area contributed by atoms with Gasteiger partial charge in [-0.1, -0.05) is 0 Å². The van der Waals surface area contributed by atoms with Crippen LogP contribution in [0.25, 0.3) is 0 Å². The standard InChI is InChI=1S/C18H22N4O4/c1-23-14-8-16-15(25-4-5-26-16)6-12(14)9-20-17-7-13(21-18(19)22-17)11-2-3-24-10-11/h6-8,11H,2-5,9-10H2,1H3,(H3,19,20,21,22)/t11-/m0/s1. The third kappa shape index (κ3) is 3.45. The normalized spacial score (nSPS) is 18.6. The molecule has 2 aliphatic heterocycles. The van der Waals surface area contributed by atoms with Crippen molar-refractivity contribution in [2.45, 2.75) is 18.9 Å². The monoisotopic (exact) mass is 358 g/mol. The number of nitrogens with zero attached hydrogens (tertiary/aromatic N) is 2. The fraction of sp³-hybridized carbons (Fsp3) is 0.444. The minimum absolute atomic E-state index is 0.256. The van der Waals surface area contributed by atoms with Crippen molar-refractivity contribution in [2.24, 2.45) is 0 Å². The van der Waals surface area contributed by atoms with Gasteiger partial charge in [0.05, 0.1) is 19.4 Å². The Labute approximate surface area is 151 Å². The van der Waals surface area contributed by atoms with Gasteiger partial charge in [0.2, 0.25) is 5.95 Å². The van der Waals surface area contributed by atoms with Crippen LogP contribution in [0.3, 0.4) is 0 Å². The van der Waals surface area contributed by atoms with E-state index in [4.69, 9.17) is 24.7 Å². The zero-order valence-corrected chi connectivity index (χ0v) is 14.7. The summed E-state index contributed by atoms with van der Waals surface area (Å²) < 4.78 is 22.2. The van der Waals surface area contributed by atoms with E-state index >= 15 is 0 Å². The molecule has 8 nitrogen and oxygen atoms in total. The van der Waals surface area contributed by atoms with Gasteiger partial charge in [0.1, 0.15) is 24.8 Å². The molecular weight excluding hydrogens is 336 g/mol. The van der Waals surface area contributed by atoms with Gasteiger partial charge in [0, 0.05) is 36.8 Å². The van der Waals surface area contributed by atoms with E-state index in [1.54, 1.807) is 7.11 Å². The van der Waals surface area contributed by atoms with Crippen LogP contribution in [0.2, 0.25) is 0 Å². The molecule has 1 aromatic carbocycles. The number of nitrogen functional groups attached to an aromatic ring is 1. The predicted octanol–water partition coefficient (Wildman–Crippen LogP) is 1.95. The Balaban J connectivity index is 1.53. The molecule has 0 amide bonds. The van der Waals surface area contributed by atoms with E-state index in [2.05, 4.69) is 15.3 Å². The lowest BCUT2D eigenvalue weighted by atomic mass is 10.0.